The Morgan fingerprint density at radius 1 is 0.718 bits per heavy atom. The van der Waals surface area contributed by atoms with E-state index >= 15 is 0 Å². The molecule has 0 amide bonds. The maximum atomic E-state index is 13.3. The van der Waals surface area contributed by atoms with Crippen LogP contribution in [0.4, 0.5) is 0 Å². The summed E-state index contributed by atoms with van der Waals surface area (Å²) in [5.74, 6) is 1.27. The predicted octanol–water partition coefficient (Wildman–Crippen LogP) is 8.27. The molecule has 0 aliphatic carbocycles. The van der Waals surface area contributed by atoms with Gasteiger partial charge in [-0.3, -0.25) is 4.79 Å². The van der Waals surface area contributed by atoms with E-state index in [0.29, 0.717) is 11.5 Å². The molecule has 0 radical (unpaired) electrons. The molecular weight excluding hydrogens is 484 g/mol. The Hall–Kier alpha value is -5.09. The Kier molecular flexibility index (Phi) is 7.84. The Labute approximate surface area is 228 Å². The van der Waals surface area contributed by atoms with Crippen molar-refractivity contribution >= 4 is 11.9 Å². The Morgan fingerprint density at radius 2 is 1.31 bits per heavy atom. The third kappa shape index (κ3) is 6.08. The van der Waals surface area contributed by atoms with Crippen molar-refractivity contribution in [1.29, 1.82) is 0 Å². The maximum Gasteiger partial charge on any atom is 0.189 e. The number of benzene rings is 5. The number of aromatic hydroxyl groups is 1. The minimum atomic E-state index is -0.314. The third-order valence-corrected chi connectivity index (χ3v) is 6.45. The van der Waals surface area contributed by atoms with Gasteiger partial charge in [-0.15, -0.1) is 0 Å². The van der Waals surface area contributed by atoms with Gasteiger partial charge in [-0.1, -0.05) is 97.1 Å². The topological polar surface area (TPSA) is 55.8 Å². The van der Waals surface area contributed by atoms with Crippen LogP contribution in [-0.4, -0.2) is 18.0 Å². The summed E-state index contributed by atoms with van der Waals surface area (Å²) in [5.41, 5.74) is 3.91. The normalized spacial score (nSPS) is 11.0. The zero-order chi connectivity index (χ0) is 27.0. The van der Waals surface area contributed by atoms with Gasteiger partial charge >= 0.3 is 0 Å². The van der Waals surface area contributed by atoms with E-state index in [4.69, 9.17) is 9.47 Å². The molecule has 0 aliphatic rings. The van der Waals surface area contributed by atoms with Crippen LogP contribution in [0.15, 0.2) is 133 Å². The molecule has 0 heterocycles. The van der Waals surface area contributed by atoms with E-state index in [2.05, 4.69) is 24.3 Å². The van der Waals surface area contributed by atoms with E-state index in [9.17, 15) is 9.90 Å². The number of carbonyl (C=O) groups is 1. The van der Waals surface area contributed by atoms with Crippen LogP contribution in [0.2, 0.25) is 0 Å². The maximum absolute atomic E-state index is 13.3. The number of carbonyl (C=O) groups excluding carboxylic acids is 1. The van der Waals surface area contributed by atoms with Crippen molar-refractivity contribution in [3.63, 3.8) is 0 Å². The summed E-state index contributed by atoms with van der Waals surface area (Å²) in [6, 6.07) is 40.4. The summed E-state index contributed by atoms with van der Waals surface area (Å²) in [6.07, 6.45) is 3.18. The first-order chi connectivity index (χ1) is 19.1. The van der Waals surface area contributed by atoms with Crippen LogP contribution in [-0.2, 0) is 0 Å². The molecule has 192 valence electrons. The summed E-state index contributed by atoms with van der Waals surface area (Å²) in [4.78, 5) is 13.3. The van der Waals surface area contributed by atoms with Crippen LogP contribution in [0.3, 0.4) is 0 Å². The molecule has 4 heteroatoms. The number of phenols is 1. The minimum Gasteiger partial charge on any atom is -0.507 e. The lowest BCUT2D eigenvalue weighted by Gasteiger charge is -2.22. The van der Waals surface area contributed by atoms with Crippen molar-refractivity contribution in [3.05, 3.63) is 161 Å². The average molecular weight is 513 g/mol. The van der Waals surface area contributed by atoms with E-state index in [-0.39, 0.29) is 23.0 Å². The molecule has 0 aromatic heterocycles. The lowest BCUT2D eigenvalue weighted by Crippen LogP contribution is -2.08. The second kappa shape index (κ2) is 12.0. The molecule has 0 aliphatic heterocycles. The van der Waals surface area contributed by atoms with Gasteiger partial charge in [0.1, 0.15) is 23.0 Å². The van der Waals surface area contributed by atoms with Crippen LogP contribution in [0.5, 0.6) is 23.0 Å². The highest BCUT2D eigenvalue weighted by Crippen LogP contribution is 2.40. The zero-order valence-electron chi connectivity index (χ0n) is 21.5. The molecule has 5 rings (SSSR count). The van der Waals surface area contributed by atoms with Crippen molar-refractivity contribution in [3.8, 4) is 23.0 Å². The predicted molar refractivity (Wildman–Crippen MR) is 155 cm³/mol. The summed E-state index contributed by atoms with van der Waals surface area (Å²) < 4.78 is 11.6. The summed E-state index contributed by atoms with van der Waals surface area (Å²) >= 11 is 0. The average Bonchev–Trinajstić information content (AvgIpc) is 2.98. The first kappa shape index (κ1) is 25.6. The molecule has 0 fully saturated rings. The fourth-order valence-electron chi connectivity index (χ4n) is 4.60. The number of hydrogen-bond acceptors (Lipinski definition) is 4. The zero-order valence-corrected chi connectivity index (χ0v) is 21.5. The van der Waals surface area contributed by atoms with Crippen molar-refractivity contribution in [2.45, 2.75) is 5.92 Å². The molecule has 4 nitrogen and oxygen atoms in total. The standard InChI is InChI=1S/C35H28O4/c1-38-34-24-33(37)30(23-31(34)35(26-13-5-2-6-14-26)27-15-7-3-8-16-27)32(36)21-20-25-12-11-19-29(22-25)39-28-17-9-4-10-18-28/h2-24,35,37H,1H3/b21-20+. The molecule has 0 bridgehead atoms. The number of para-hydroxylation sites is 1. The first-order valence-electron chi connectivity index (χ1n) is 12.7. The van der Waals surface area contributed by atoms with Crippen LogP contribution in [0, 0.1) is 0 Å². The van der Waals surface area contributed by atoms with Gasteiger partial charge in [-0.2, -0.15) is 0 Å². The lowest BCUT2D eigenvalue weighted by molar-refractivity contribution is 0.104. The molecule has 1 N–H and O–H groups in total. The quantitative estimate of drug-likeness (QED) is 0.123. The van der Waals surface area contributed by atoms with Gasteiger partial charge in [-0.05, 0) is 53.1 Å². The highest BCUT2D eigenvalue weighted by atomic mass is 16.5. The molecule has 0 saturated heterocycles. The third-order valence-electron chi connectivity index (χ3n) is 6.45. The Bertz CT molecular complexity index is 1540. The van der Waals surface area contributed by atoms with Gasteiger partial charge in [0.05, 0.1) is 12.7 Å². The van der Waals surface area contributed by atoms with Crippen LogP contribution in [0.25, 0.3) is 6.08 Å². The highest BCUT2D eigenvalue weighted by Gasteiger charge is 2.24. The van der Waals surface area contributed by atoms with Gasteiger partial charge in [0, 0.05) is 17.5 Å². The van der Waals surface area contributed by atoms with Gasteiger partial charge in [0.2, 0.25) is 0 Å². The number of ether oxygens (including phenoxy) is 2. The fraction of sp³-hybridized carbons (Fsp3) is 0.0571. The number of methoxy groups -OCH3 is 1. The Balaban J connectivity index is 1.48. The van der Waals surface area contributed by atoms with Crippen molar-refractivity contribution in [2.24, 2.45) is 0 Å². The number of ketones is 1. The number of allylic oxidation sites excluding steroid dienone is 1. The van der Waals surface area contributed by atoms with Crippen molar-refractivity contribution < 1.29 is 19.4 Å². The number of hydrogen-bond donors (Lipinski definition) is 1. The second-order valence-electron chi connectivity index (χ2n) is 9.05. The van der Waals surface area contributed by atoms with E-state index < -0.39 is 0 Å². The minimum absolute atomic E-state index is 0.133. The molecule has 5 aromatic carbocycles. The smallest absolute Gasteiger partial charge is 0.189 e. The lowest BCUT2D eigenvalue weighted by atomic mass is 9.83. The Morgan fingerprint density at radius 3 is 1.92 bits per heavy atom. The molecule has 5 aromatic rings. The molecule has 0 saturated carbocycles. The van der Waals surface area contributed by atoms with Crippen LogP contribution in [0.1, 0.15) is 38.5 Å². The largest absolute Gasteiger partial charge is 0.507 e. The summed E-state index contributed by atoms with van der Waals surface area (Å²) in [5, 5.41) is 10.8. The van der Waals surface area contributed by atoms with Gasteiger partial charge in [0.15, 0.2) is 5.78 Å². The van der Waals surface area contributed by atoms with Crippen LogP contribution < -0.4 is 9.47 Å². The monoisotopic (exact) mass is 512 g/mol. The fourth-order valence-corrected chi connectivity index (χ4v) is 4.60. The van der Waals surface area contributed by atoms with E-state index in [1.807, 2.05) is 91.0 Å². The van der Waals surface area contributed by atoms with Gasteiger partial charge < -0.3 is 14.6 Å². The van der Waals surface area contributed by atoms with Crippen molar-refractivity contribution in [1.82, 2.24) is 0 Å². The molecule has 39 heavy (non-hydrogen) atoms. The van der Waals surface area contributed by atoms with E-state index in [1.165, 1.54) is 12.1 Å². The molecule has 0 atom stereocenters. The van der Waals surface area contributed by atoms with Gasteiger partial charge in [-0.25, -0.2) is 0 Å². The molecule has 0 unspecified atom stereocenters. The number of phenolic OH excluding ortho intramolecular Hbond substituents is 1. The second-order valence-corrected chi connectivity index (χ2v) is 9.05. The number of rotatable bonds is 9. The van der Waals surface area contributed by atoms with Crippen molar-refractivity contribution in [2.75, 3.05) is 7.11 Å². The SMILES string of the molecule is COc1cc(O)c(C(=O)/C=C/c2cccc(Oc3ccccc3)c2)cc1C(c1ccccc1)c1ccccc1. The molecule has 0 spiro atoms. The summed E-state index contributed by atoms with van der Waals surface area (Å²) in [6.45, 7) is 0. The first-order valence-corrected chi connectivity index (χ1v) is 12.7. The van der Waals surface area contributed by atoms with Crippen LogP contribution >= 0.6 is 0 Å². The molecular formula is C35H28O4. The van der Waals surface area contributed by atoms with E-state index in [1.54, 1.807) is 19.3 Å². The van der Waals surface area contributed by atoms with Gasteiger partial charge in [0.25, 0.3) is 0 Å². The van der Waals surface area contributed by atoms with E-state index in [0.717, 1.165) is 28.0 Å². The summed E-state index contributed by atoms with van der Waals surface area (Å²) in [7, 11) is 1.57. The highest BCUT2D eigenvalue weighted by molar-refractivity contribution is 6.09.